The number of nitrogens with zero attached hydrogens (tertiary/aromatic N) is 3. The average Bonchev–Trinajstić information content (AvgIpc) is 3.92. The van der Waals surface area contributed by atoms with Gasteiger partial charge in [0.1, 0.15) is 5.76 Å². The van der Waals surface area contributed by atoms with Gasteiger partial charge in [-0.05, 0) is 140 Å². The second kappa shape index (κ2) is 22.9. The maximum absolute atomic E-state index is 5.33. The zero-order valence-electron chi connectivity index (χ0n) is 45.8. The van der Waals surface area contributed by atoms with Crippen molar-refractivity contribution in [3.05, 3.63) is 116 Å². The van der Waals surface area contributed by atoms with E-state index in [1.54, 1.807) is 6.26 Å². The number of hydrogen-bond acceptors (Lipinski definition) is 4. The molecule has 0 bridgehead atoms. The molecule has 4 aliphatic rings. The van der Waals surface area contributed by atoms with E-state index in [2.05, 4.69) is 231 Å². The Hall–Kier alpha value is -3.79. The monoisotopic (exact) mass is 862 g/mol. The van der Waals surface area contributed by atoms with Crippen LogP contribution in [0.3, 0.4) is 0 Å². The third kappa shape index (κ3) is 20.3. The van der Waals surface area contributed by atoms with Crippen LogP contribution in [0.25, 0.3) is 0 Å². The molecule has 352 valence electrons. The van der Waals surface area contributed by atoms with Crippen molar-refractivity contribution in [2.45, 2.75) is 197 Å². The SMILES string of the molecule is CC1=C(C(C)(C)C)C=NC1.CC1=CC(C(C)(C)C)=CC1.CC1=CC(C(C)(C)C)=NC1.CC1=NCC=C1C(C)(C)C.Cc1cc(C)c(C(C)(C)C)c(C)c1.Cc1coc(C(C)(C)C)c1. The molecule has 0 N–H and O–H groups in total. The normalized spacial score (nSPS) is 16.3. The largest absolute Gasteiger partial charge is 0.469 e. The first-order valence-electron chi connectivity index (χ1n) is 23.5. The molecule has 0 spiro atoms. The van der Waals surface area contributed by atoms with Crippen molar-refractivity contribution < 1.29 is 4.42 Å². The highest BCUT2D eigenvalue weighted by molar-refractivity contribution is 6.01. The second-order valence-corrected chi connectivity index (χ2v) is 24.5. The summed E-state index contributed by atoms with van der Waals surface area (Å²) >= 11 is 0. The minimum atomic E-state index is 0.147. The van der Waals surface area contributed by atoms with Gasteiger partial charge in [-0.1, -0.05) is 172 Å². The Morgan fingerprint density at radius 1 is 0.508 bits per heavy atom. The van der Waals surface area contributed by atoms with Gasteiger partial charge < -0.3 is 4.42 Å². The summed E-state index contributed by atoms with van der Waals surface area (Å²) in [6, 6.07) is 6.63. The van der Waals surface area contributed by atoms with Gasteiger partial charge in [0.05, 0.1) is 25.9 Å². The quantitative estimate of drug-likeness (QED) is 0.260. The van der Waals surface area contributed by atoms with E-state index in [0.717, 1.165) is 31.8 Å². The topological polar surface area (TPSA) is 50.2 Å². The maximum Gasteiger partial charge on any atom is 0.109 e. The van der Waals surface area contributed by atoms with Gasteiger partial charge in [-0.3, -0.25) is 15.0 Å². The first kappa shape index (κ1) is 57.2. The summed E-state index contributed by atoms with van der Waals surface area (Å²) in [5.74, 6) is 1.06. The summed E-state index contributed by atoms with van der Waals surface area (Å²) in [4.78, 5) is 12.9. The minimum absolute atomic E-state index is 0.147. The fourth-order valence-corrected chi connectivity index (χ4v) is 8.01. The van der Waals surface area contributed by atoms with Crippen LogP contribution >= 0.6 is 0 Å². The maximum atomic E-state index is 5.33. The lowest BCUT2D eigenvalue weighted by atomic mass is 9.80. The molecule has 1 aliphatic carbocycles. The molecule has 4 nitrogen and oxygen atoms in total. The molecule has 63 heavy (non-hydrogen) atoms. The van der Waals surface area contributed by atoms with Gasteiger partial charge in [-0.15, -0.1) is 0 Å². The summed E-state index contributed by atoms with van der Waals surface area (Å²) < 4.78 is 5.33. The highest BCUT2D eigenvalue weighted by atomic mass is 16.3. The van der Waals surface area contributed by atoms with Gasteiger partial charge in [0.15, 0.2) is 0 Å². The van der Waals surface area contributed by atoms with Crippen LogP contribution in [0, 0.1) is 49.4 Å². The number of allylic oxidation sites excluding steroid dienone is 7. The summed E-state index contributed by atoms with van der Waals surface area (Å²) in [6.45, 7) is 59.9. The number of benzene rings is 1. The number of aryl methyl sites for hydroxylation is 4. The number of rotatable bonds is 0. The summed E-state index contributed by atoms with van der Waals surface area (Å²) in [7, 11) is 0. The smallest absolute Gasteiger partial charge is 0.109 e. The van der Waals surface area contributed by atoms with Crippen molar-refractivity contribution in [2.75, 3.05) is 19.6 Å². The van der Waals surface area contributed by atoms with Gasteiger partial charge >= 0.3 is 0 Å². The van der Waals surface area contributed by atoms with Crippen LogP contribution in [0.15, 0.2) is 102 Å². The van der Waals surface area contributed by atoms with Crippen molar-refractivity contribution in [1.29, 1.82) is 0 Å². The highest BCUT2D eigenvalue weighted by Crippen LogP contribution is 2.33. The fraction of sp³-hybridized carbons (Fsp3) is 0.610. The van der Waals surface area contributed by atoms with Crippen molar-refractivity contribution in [3.8, 4) is 0 Å². The van der Waals surface area contributed by atoms with E-state index in [1.807, 2.05) is 13.1 Å². The van der Waals surface area contributed by atoms with Crippen LogP contribution in [0.1, 0.15) is 192 Å². The Kier molecular flexibility index (Phi) is 20.8. The molecule has 0 saturated heterocycles. The van der Waals surface area contributed by atoms with E-state index in [4.69, 9.17) is 4.42 Å². The third-order valence-corrected chi connectivity index (χ3v) is 11.1. The Labute approximate surface area is 389 Å². The van der Waals surface area contributed by atoms with E-state index in [9.17, 15) is 0 Å². The van der Waals surface area contributed by atoms with Crippen molar-refractivity contribution in [1.82, 2.24) is 0 Å². The molecule has 0 saturated carbocycles. The minimum Gasteiger partial charge on any atom is -0.469 e. The molecule has 1 aromatic heterocycles. The van der Waals surface area contributed by atoms with Gasteiger partial charge in [-0.25, -0.2) is 0 Å². The van der Waals surface area contributed by atoms with Gasteiger partial charge in [0, 0.05) is 28.5 Å². The average molecular weight is 862 g/mol. The van der Waals surface area contributed by atoms with Crippen molar-refractivity contribution in [2.24, 2.45) is 36.6 Å². The van der Waals surface area contributed by atoms with Crippen molar-refractivity contribution >= 4 is 17.6 Å². The Morgan fingerprint density at radius 3 is 1.29 bits per heavy atom. The molecular weight excluding hydrogens is 767 g/mol. The van der Waals surface area contributed by atoms with E-state index in [0.29, 0.717) is 5.41 Å². The first-order valence-corrected chi connectivity index (χ1v) is 23.5. The van der Waals surface area contributed by atoms with Gasteiger partial charge in [-0.2, -0.15) is 0 Å². The summed E-state index contributed by atoms with van der Waals surface area (Å²) in [6.07, 6.45) is 14.0. The Bertz CT molecular complexity index is 2000. The number of aliphatic imine (C=N–C) groups is 3. The molecule has 0 fully saturated rings. The predicted molar refractivity (Wildman–Crippen MR) is 284 cm³/mol. The molecule has 2 aromatic rings. The lowest BCUT2D eigenvalue weighted by molar-refractivity contribution is 0.409. The molecule has 4 heterocycles. The summed E-state index contributed by atoms with van der Waals surface area (Å²) in [5, 5.41) is 0. The second-order valence-electron chi connectivity index (χ2n) is 24.5. The van der Waals surface area contributed by atoms with Crippen LogP contribution < -0.4 is 0 Å². The number of hydrogen-bond donors (Lipinski definition) is 0. The summed E-state index contributed by atoms with van der Waals surface area (Å²) in [5.41, 5.74) is 19.5. The Balaban J connectivity index is 0.000000379. The molecule has 0 amide bonds. The molecule has 0 radical (unpaired) electrons. The molecular formula is C59H95N3O. The molecule has 3 aliphatic heterocycles. The van der Waals surface area contributed by atoms with Crippen LogP contribution in [-0.2, 0) is 10.8 Å². The molecule has 6 rings (SSSR count). The van der Waals surface area contributed by atoms with Crippen LogP contribution in [0.2, 0.25) is 0 Å². The van der Waals surface area contributed by atoms with Crippen LogP contribution in [0.4, 0.5) is 0 Å². The highest BCUT2D eigenvalue weighted by Gasteiger charge is 2.23. The molecule has 1 aromatic carbocycles. The van der Waals surface area contributed by atoms with E-state index in [-0.39, 0.29) is 27.1 Å². The predicted octanol–water partition coefficient (Wildman–Crippen LogP) is 17.4. The molecule has 4 heteroatoms. The van der Waals surface area contributed by atoms with E-state index in [1.165, 1.54) is 72.7 Å². The molecule has 0 atom stereocenters. The fourth-order valence-electron chi connectivity index (χ4n) is 8.01. The van der Waals surface area contributed by atoms with Crippen LogP contribution in [0.5, 0.6) is 0 Å². The van der Waals surface area contributed by atoms with Gasteiger partial charge in [0.25, 0.3) is 0 Å². The van der Waals surface area contributed by atoms with Crippen molar-refractivity contribution in [3.63, 3.8) is 0 Å². The Morgan fingerprint density at radius 2 is 1.06 bits per heavy atom. The number of furan rings is 1. The van der Waals surface area contributed by atoms with E-state index < -0.39 is 0 Å². The lowest BCUT2D eigenvalue weighted by Crippen LogP contribution is -2.16. The lowest BCUT2D eigenvalue weighted by Gasteiger charge is -2.24. The van der Waals surface area contributed by atoms with Gasteiger partial charge in [0.2, 0.25) is 0 Å². The first-order chi connectivity index (χ1) is 28.3. The van der Waals surface area contributed by atoms with E-state index >= 15 is 0 Å². The third-order valence-electron chi connectivity index (χ3n) is 11.1. The van der Waals surface area contributed by atoms with Crippen LogP contribution in [-0.4, -0.2) is 37.3 Å². The molecule has 0 unspecified atom stereocenters. The zero-order chi connectivity index (χ0) is 49.1. The zero-order valence-corrected chi connectivity index (χ0v) is 45.8. The standard InChI is InChI=1S/C13H20.C10H16.3C9H15N.C9H14O/c1-9-7-10(2)12(11(3)8-9)13(4,5)6;1-8-5-6-9(7-8)10(2,3)4;1-7-5-10-6-8(7)9(2,3)4;1-7-5-8(10-6-7)9(2,3)4;1-7-8(5-6-10-7)9(2,3)4;1-7-5-8(10-6-7)9(2,3)4/h7-8H,1-6H3;6-7H,5H2,1-4H3;6H,5H2,1-4H3;2*5H,6H2,1-4H3;5-6H,1-4H3.